The lowest BCUT2D eigenvalue weighted by Gasteiger charge is -2.35. The second kappa shape index (κ2) is 13.2. The fourth-order valence-corrected chi connectivity index (χ4v) is 10.8. The van der Waals surface area contributed by atoms with Crippen molar-refractivity contribution in [2.75, 3.05) is 51.3 Å². The molecule has 0 saturated carbocycles. The van der Waals surface area contributed by atoms with Crippen molar-refractivity contribution in [2.45, 2.75) is 27.7 Å². The van der Waals surface area contributed by atoms with E-state index >= 15 is 0 Å². The average molecular weight is 511 g/mol. The molecule has 0 N–H and O–H groups in total. The second-order valence-electron chi connectivity index (χ2n) is 5.27. The molecule has 0 aliphatic carbocycles. The minimum absolute atomic E-state index is 0.00782. The first-order valence-corrected chi connectivity index (χ1v) is 17.3. The van der Waals surface area contributed by atoms with Gasteiger partial charge in [-0.05, 0) is 74.1 Å². The molecule has 0 aromatic rings. The molecule has 0 unspecified atom stereocenters. The van der Waals surface area contributed by atoms with E-state index in [1.165, 1.54) is 32.6 Å². The Kier molecular flexibility index (Phi) is 12.7. The van der Waals surface area contributed by atoms with Gasteiger partial charge in [0.15, 0.2) is 0 Å². The van der Waals surface area contributed by atoms with Crippen molar-refractivity contribution in [3.8, 4) is 0 Å². The number of amides is 2. The normalized spacial score (nSPS) is 16.1. The van der Waals surface area contributed by atoms with Crippen LogP contribution in [0.15, 0.2) is 0 Å². The van der Waals surface area contributed by atoms with Gasteiger partial charge in [0.05, 0.1) is 38.2 Å². The van der Waals surface area contributed by atoms with Crippen LogP contribution < -0.4 is 0 Å². The van der Waals surface area contributed by atoms with Crippen LogP contribution >= 0.6 is 34.2 Å². The summed E-state index contributed by atoms with van der Waals surface area (Å²) < 4.78 is 22.2. The van der Waals surface area contributed by atoms with Gasteiger partial charge in [-0.1, -0.05) is 0 Å². The molecule has 1 saturated heterocycles. The standard InChI is InChI=1S/C14H28N2O6P2S4/c1-5-19-23(25,20-6-2)27-11-15-9-14(18)16(10-13(15)17)12-28-24(26,21-7-3)22-8-4/h5-12H2,1-4H3. The van der Waals surface area contributed by atoms with E-state index in [0.717, 1.165) is 0 Å². The maximum atomic E-state index is 12.5. The largest absolute Gasteiger partial charge is 0.322 e. The van der Waals surface area contributed by atoms with Crippen molar-refractivity contribution in [3.05, 3.63) is 0 Å². The Hall–Kier alpha value is 0.780. The smallest absolute Gasteiger partial charge is 0.249 e. The van der Waals surface area contributed by atoms with E-state index < -0.39 is 11.4 Å². The van der Waals surface area contributed by atoms with Gasteiger partial charge in [0.25, 0.3) is 0 Å². The maximum absolute atomic E-state index is 12.5. The minimum atomic E-state index is -2.51. The molecule has 0 radical (unpaired) electrons. The van der Waals surface area contributed by atoms with Crippen molar-refractivity contribution in [1.82, 2.24) is 9.80 Å². The first-order chi connectivity index (χ1) is 13.2. The first-order valence-electron chi connectivity index (χ1n) is 8.85. The molecule has 0 spiro atoms. The summed E-state index contributed by atoms with van der Waals surface area (Å²) in [6.45, 7) is 9.12. The summed E-state index contributed by atoms with van der Waals surface area (Å²) in [4.78, 5) is 27.9. The predicted molar refractivity (Wildman–Crippen MR) is 123 cm³/mol. The summed E-state index contributed by atoms with van der Waals surface area (Å²) in [5, 5.41) is 0. The highest BCUT2D eigenvalue weighted by Crippen LogP contribution is 2.62. The highest BCUT2D eigenvalue weighted by Gasteiger charge is 2.33. The number of carbonyl (C=O) groups is 2. The topological polar surface area (TPSA) is 77.5 Å². The number of hydrogen-bond donors (Lipinski definition) is 0. The van der Waals surface area contributed by atoms with Crippen molar-refractivity contribution in [3.63, 3.8) is 0 Å². The van der Waals surface area contributed by atoms with E-state index in [2.05, 4.69) is 0 Å². The molecule has 8 nitrogen and oxygen atoms in total. The fourth-order valence-electron chi connectivity index (χ4n) is 2.08. The molecule has 1 aliphatic rings. The summed E-state index contributed by atoms with van der Waals surface area (Å²) in [5.41, 5.74) is -5.03. The monoisotopic (exact) mass is 510 g/mol. The zero-order valence-electron chi connectivity index (χ0n) is 16.5. The third kappa shape index (κ3) is 8.88. The molecule has 1 fully saturated rings. The molecule has 0 aromatic heterocycles. The molecule has 1 rings (SSSR count). The van der Waals surface area contributed by atoms with E-state index in [1.54, 1.807) is 0 Å². The Morgan fingerprint density at radius 2 is 1.04 bits per heavy atom. The van der Waals surface area contributed by atoms with Crippen molar-refractivity contribution in [1.29, 1.82) is 0 Å². The molecule has 0 bridgehead atoms. The van der Waals surface area contributed by atoms with Gasteiger partial charge in [0.1, 0.15) is 13.1 Å². The number of nitrogens with zero attached hydrogens (tertiary/aromatic N) is 2. The van der Waals surface area contributed by atoms with E-state index in [9.17, 15) is 9.59 Å². The van der Waals surface area contributed by atoms with Gasteiger partial charge < -0.3 is 27.9 Å². The zero-order valence-corrected chi connectivity index (χ0v) is 21.6. The molecule has 0 aromatic carbocycles. The third-order valence-corrected chi connectivity index (χ3v) is 14.1. The minimum Gasteiger partial charge on any atom is -0.322 e. The Balaban J connectivity index is 2.62. The lowest BCUT2D eigenvalue weighted by molar-refractivity contribution is -0.148. The molecule has 1 heterocycles. The molecule has 28 heavy (non-hydrogen) atoms. The van der Waals surface area contributed by atoms with Crippen LogP contribution in [0.3, 0.4) is 0 Å². The zero-order chi connectivity index (χ0) is 21.2. The van der Waals surface area contributed by atoms with Gasteiger partial charge in [-0.15, -0.1) is 0 Å². The Morgan fingerprint density at radius 1 is 0.750 bits per heavy atom. The van der Waals surface area contributed by atoms with Crippen LogP contribution in [0.1, 0.15) is 27.7 Å². The molecular weight excluding hydrogens is 482 g/mol. The van der Waals surface area contributed by atoms with Gasteiger partial charge in [0, 0.05) is 0 Å². The highest BCUT2D eigenvalue weighted by atomic mass is 32.9. The van der Waals surface area contributed by atoms with Crippen molar-refractivity contribution >= 4 is 69.6 Å². The molecule has 14 heteroatoms. The van der Waals surface area contributed by atoms with Crippen molar-refractivity contribution < 1.29 is 27.7 Å². The SMILES string of the molecule is CCOP(=S)(OCC)SCN1CC(=O)N(CSP(=S)(OCC)OCC)CC1=O. The van der Waals surface area contributed by atoms with Crippen molar-refractivity contribution in [2.24, 2.45) is 0 Å². The van der Waals surface area contributed by atoms with Gasteiger partial charge in [-0.25, -0.2) is 0 Å². The number of carbonyl (C=O) groups excluding carboxylic acids is 2. The lowest BCUT2D eigenvalue weighted by atomic mass is 10.3. The number of piperazine rings is 1. The van der Waals surface area contributed by atoms with Crippen LogP contribution in [-0.2, 0) is 51.3 Å². The fraction of sp³-hybridized carbons (Fsp3) is 0.857. The number of rotatable bonds is 14. The Bertz CT molecular complexity index is 555. The predicted octanol–water partition coefficient (Wildman–Crippen LogP) is 3.63. The van der Waals surface area contributed by atoms with E-state index in [4.69, 9.17) is 41.7 Å². The Labute approximate surface area is 185 Å². The van der Waals surface area contributed by atoms with Gasteiger partial charge in [-0.2, -0.15) is 0 Å². The molecule has 2 amide bonds. The summed E-state index contributed by atoms with van der Waals surface area (Å²) in [5.74, 6) is 0.226. The first kappa shape index (κ1) is 26.8. The average Bonchev–Trinajstić information content (AvgIpc) is 2.62. The summed E-state index contributed by atoms with van der Waals surface area (Å²) in [6.07, 6.45) is 0. The lowest BCUT2D eigenvalue weighted by Crippen LogP contribution is -2.53. The van der Waals surface area contributed by atoms with Crippen LogP contribution in [0.25, 0.3) is 0 Å². The summed E-state index contributed by atoms with van der Waals surface area (Å²) >= 11 is 13.5. The Morgan fingerprint density at radius 3 is 1.29 bits per heavy atom. The molecule has 0 atom stereocenters. The van der Waals surface area contributed by atoms with E-state index in [-0.39, 0.29) is 36.7 Å². The van der Waals surface area contributed by atoms with Gasteiger partial charge >= 0.3 is 0 Å². The highest BCUT2D eigenvalue weighted by molar-refractivity contribution is 8.68. The van der Waals surface area contributed by atoms with Crippen LogP contribution in [0.2, 0.25) is 0 Å². The van der Waals surface area contributed by atoms with Crippen LogP contribution in [0.5, 0.6) is 0 Å². The quantitative estimate of drug-likeness (QED) is 0.323. The van der Waals surface area contributed by atoms with Crippen LogP contribution in [-0.4, -0.2) is 72.9 Å². The van der Waals surface area contributed by atoms with Gasteiger partial charge in [-0.3, -0.25) is 9.59 Å². The second-order valence-corrected chi connectivity index (χ2v) is 17.8. The molecule has 164 valence electrons. The summed E-state index contributed by atoms with van der Waals surface area (Å²) in [6, 6.07) is 0. The maximum Gasteiger partial charge on any atom is 0.249 e. The van der Waals surface area contributed by atoms with Crippen LogP contribution in [0.4, 0.5) is 0 Å². The third-order valence-electron chi connectivity index (χ3n) is 3.25. The van der Waals surface area contributed by atoms with Crippen LogP contribution in [0, 0.1) is 0 Å². The van der Waals surface area contributed by atoms with Gasteiger partial charge in [0.2, 0.25) is 23.2 Å². The van der Waals surface area contributed by atoms with E-state index in [1.807, 2.05) is 27.7 Å². The number of hydrogen-bond acceptors (Lipinski definition) is 10. The molecule has 1 aliphatic heterocycles. The molecular formula is C14H28N2O6P2S4. The summed E-state index contributed by atoms with van der Waals surface area (Å²) in [7, 11) is 0. The van der Waals surface area contributed by atoms with E-state index in [0.29, 0.717) is 26.4 Å².